The Morgan fingerprint density at radius 2 is 1.90 bits per heavy atom. The number of hydrogen-bond acceptors (Lipinski definition) is 3. The van der Waals surface area contributed by atoms with E-state index < -0.39 is 0 Å². The number of anilines is 1. The van der Waals surface area contributed by atoms with Gasteiger partial charge in [-0.15, -0.1) is 0 Å². The lowest BCUT2D eigenvalue weighted by molar-refractivity contribution is 0.101. The zero-order valence-electron chi connectivity index (χ0n) is 11.5. The molecule has 0 saturated carbocycles. The second-order valence-corrected chi connectivity index (χ2v) is 4.63. The Hall–Kier alpha value is -2.95. The molecule has 1 aromatic carbocycles. The maximum absolute atomic E-state index is 12.0. The van der Waals surface area contributed by atoms with Crippen LogP contribution in [0.15, 0.2) is 61.2 Å². The Bertz CT molecular complexity index is 747. The molecular formula is C16H14N4O. The SMILES string of the molecule is Cn1ccnc1C(=O)Nc1ccc(-c2cccnc2)cc1. The Morgan fingerprint density at radius 1 is 1.10 bits per heavy atom. The van der Waals surface area contributed by atoms with Crippen molar-refractivity contribution in [2.24, 2.45) is 7.05 Å². The molecular weight excluding hydrogens is 264 g/mol. The number of pyridine rings is 1. The molecule has 21 heavy (non-hydrogen) atoms. The van der Waals surface area contributed by atoms with E-state index in [1.54, 1.807) is 30.2 Å². The van der Waals surface area contributed by atoms with Gasteiger partial charge in [-0.3, -0.25) is 9.78 Å². The summed E-state index contributed by atoms with van der Waals surface area (Å²) in [5, 5.41) is 2.83. The number of nitrogens with one attached hydrogen (secondary N) is 1. The van der Waals surface area contributed by atoms with E-state index in [1.165, 1.54) is 0 Å². The molecule has 0 saturated heterocycles. The molecule has 3 rings (SSSR count). The van der Waals surface area contributed by atoms with Crippen LogP contribution in [0, 0.1) is 0 Å². The third-order valence-electron chi connectivity index (χ3n) is 3.16. The lowest BCUT2D eigenvalue weighted by atomic mass is 10.1. The fraction of sp³-hybridized carbons (Fsp3) is 0.0625. The van der Waals surface area contributed by atoms with E-state index in [9.17, 15) is 4.79 Å². The maximum atomic E-state index is 12.0. The van der Waals surface area contributed by atoms with Crippen molar-refractivity contribution >= 4 is 11.6 Å². The number of hydrogen-bond donors (Lipinski definition) is 1. The van der Waals surface area contributed by atoms with Crippen LogP contribution >= 0.6 is 0 Å². The molecule has 1 amide bonds. The summed E-state index contributed by atoms with van der Waals surface area (Å²) in [6, 6.07) is 11.5. The normalized spacial score (nSPS) is 10.3. The summed E-state index contributed by atoms with van der Waals surface area (Å²) >= 11 is 0. The lowest BCUT2D eigenvalue weighted by Crippen LogP contribution is -2.16. The smallest absolute Gasteiger partial charge is 0.291 e. The summed E-state index contributed by atoms with van der Waals surface area (Å²) in [6.07, 6.45) is 6.88. The van der Waals surface area contributed by atoms with Gasteiger partial charge in [0, 0.05) is 37.5 Å². The summed E-state index contributed by atoms with van der Waals surface area (Å²) < 4.78 is 1.68. The molecule has 1 N–H and O–H groups in total. The van der Waals surface area contributed by atoms with E-state index in [4.69, 9.17) is 0 Å². The van der Waals surface area contributed by atoms with Crippen LogP contribution in [0.4, 0.5) is 5.69 Å². The highest BCUT2D eigenvalue weighted by Crippen LogP contribution is 2.20. The first-order valence-electron chi connectivity index (χ1n) is 6.53. The number of carbonyl (C=O) groups excluding carboxylic acids is 1. The quantitative estimate of drug-likeness (QED) is 0.801. The molecule has 0 unspecified atom stereocenters. The minimum atomic E-state index is -0.225. The maximum Gasteiger partial charge on any atom is 0.291 e. The van der Waals surface area contributed by atoms with Crippen LogP contribution in [0.3, 0.4) is 0 Å². The van der Waals surface area contributed by atoms with E-state index in [1.807, 2.05) is 42.6 Å². The molecule has 104 valence electrons. The second kappa shape index (κ2) is 5.58. The van der Waals surface area contributed by atoms with Gasteiger partial charge in [-0.1, -0.05) is 18.2 Å². The topological polar surface area (TPSA) is 59.8 Å². The molecule has 5 heteroatoms. The van der Waals surface area contributed by atoms with Gasteiger partial charge in [-0.25, -0.2) is 4.98 Å². The molecule has 0 spiro atoms. The third kappa shape index (κ3) is 2.81. The highest BCUT2D eigenvalue weighted by molar-refractivity contribution is 6.01. The fourth-order valence-corrected chi connectivity index (χ4v) is 2.05. The van der Waals surface area contributed by atoms with Crippen LogP contribution in [0.5, 0.6) is 0 Å². The van der Waals surface area contributed by atoms with Crippen molar-refractivity contribution in [3.8, 4) is 11.1 Å². The third-order valence-corrected chi connectivity index (χ3v) is 3.16. The lowest BCUT2D eigenvalue weighted by Gasteiger charge is -2.06. The van der Waals surface area contributed by atoms with Gasteiger partial charge in [0.1, 0.15) is 0 Å². The molecule has 0 radical (unpaired) electrons. The van der Waals surface area contributed by atoms with Gasteiger partial charge in [0.05, 0.1) is 0 Å². The Balaban J connectivity index is 1.76. The Morgan fingerprint density at radius 3 is 2.52 bits per heavy atom. The van der Waals surface area contributed by atoms with Gasteiger partial charge in [0.2, 0.25) is 0 Å². The van der Waals surface area contributed by atoms with Crippen LogP contribution in [-0.2, 0) is 7.05 Å². The summed E-state index contributed by atoms with van der Waals surface area (Å²) in [6.45, 7) is 0. The van der Waals surface area contributed by atoms with Crippen LogP contribution in [0.2, 0.25) is 0 Å². The predicted octanol–water partition coefficient (Wildman–Crippen LogP) is 2.73. The molecule has 0 fully saturated rings. The molecule has 0 aliphatic carbocycles. The van der Waals surface area contributed by atoms with E-state index in [2.05, 4.69) is 15.3 Å². The van der Waals surface area contributed by atoms with Crippen LogP contribution in [-0.4, -0.2) is 20.4 Å². The van der Waals surface area contributed by atoms with Crippen molar-refractivity contribution in [2.45, 2.75) is 0 Å². The summed E-state index contributed by atoms with van der Waals surface area (Å²) in [5.74, 6) is 0.156. The van der Waals surface area contributed by atoms with Gasteiger partial charge in [-0.05, 0) is 29.3 Å². The largest absolute Gasteiger partial charge is 0.330 e. The van der Waals surface area contributed by atoms with Gasteiger partial charge in [-0.2, -0.15) is 0 Å². The predicted molar refractivity (Wildman–Crippen MR) is 80.8 cm³/mol. The van der Waals surface area contributed by atoms with E-state index in [-0.39, 0.29) is 5.91 Å². The zero-order chi connectivity index (χ0) is 14.7. The molecule has 0 aliphatic heterocycles. The van der Waals surface area contributed by atoms with Gasteiger partial charge >= 0.3 is 0 Å². The molecule has 0 aliphatic rings. The monoisotopic (exact) mass is 278 g/mol. The number of carbonyl (C=O) groups is 1. The zero-order valence-corrected chi connectivity index (χ0v) is 11.5. The van der Waals surface area contributed by atoms with Crippen LogP contribution in [0.1, 0.15) is 10.6 Å². The standard InChI is InChI=1S/C16H14N4O/c1-20-10-9-18-15(20)16(21)19-14-6-4-12(5-7-14)13-3-2-8-17-11-13/h2-11H,1H3,(H,19,21). The molecule has 0 atom stereocenters. The Labute approximate surface area is 122 Å². The number of imidazole rings is 1. The van der Waals surface area contributed by atoms with Crippen molar-refractivity contribution in [2.75, 3.05) is 5.32 Å². The van der Waals surface area contributed by atoms with Crippen molar-refractivity contribution in [1.29, 1.82) is 0 Å². The highest BCUT2D eigenvalue weighted by atomic mass is 16.2. The summed E-state index contributed by atoms with van der Waals surface area (Å²) in [7, 11) is 1.79. The Kier molecular flexibility index (Phi) is 3.47. The number of amides is 1. The highest BCUT2D eigenvalue weighted by Gasteiger charge is 2.10. The molecule has 2 aromatic heterocycles. The first-order chi connectivity index (χ1) is 10.2. The number of nitrogens with zero attached hydrogens (tertiary/aromatic N) is 3. The molecule has 0 bridgehead atoms. The van der Waals surface area contributed by atoms with Crippen molar-refractivity contribution in [1.82, 2.24) is 14.5 Å². The average Bonchev–Trinajstić information content (AvgIpc) is 2.95. The molecule has 3 aromatic rings. The number of aromatic nitrogens is 3. The van der Waals surface area contributed by atoms with Crippen molar-refractivity contribution in [3.05, 3.63) is 67.0 Å². The fourth-order valence-electron chi connectivity index (χ4n) is 2.05. The average molecular weight is 278 g/mol. The molecule has 5 nitrogen and oxygen atoms in total. The summed E-state index contributed by atoms with van der Waals surface area (Å²) in [4.78, 5) is 20.2. The van der Waals surface area contributed by atoms with Gasteiger partial charge in [0.15, 0.2) is 5.82 Å². The number of rotatable bonds is 3. The summed E-state index contributed by atoms with van der Waals surface area (Å²) in [5.41, 5.74) is 2.83. The van der Waals surface area contributed by atoms with Crippen molar-refractivity contribution in [3.63, 3.8) is 0 Å². The van der Waals surface area contributed by atoms with Crippen molar-refractivity contribution < 1.29 is 4.79 Å². The molecule has 2 heterocycles. The van der Waals surface area contributed by atoms with E-state index in [0.29, 0.717) is 5.82 Å². The first-order valence-corrected chi connectivity index (χ1v) is 6.53. The number of benzene rings is 1. The first kappa shape index (κ1) is 13.1. The van der Waals surface area contributed by atoms with E-state index >= 15 is 0 Å². The van der Waals surface area contributed by atoms with Gasteiger partial charge < -0.3 is 9.88 Å². The minimum absolute atomic E-state index is 0.225. The van der Waals surface area contributed by atoms with Gasteiger partial charge in [0.25, 0.3) is 5.91 Å². The number of aryl methyl sites for hydroxylation is 1. The minimum Gasteiger partial charge on any atom is -0.330 e. The van der Waals surface area contributed by atoms with E-state index in [0.717, 1.165) is 16.8 Å². The van der Waals surface area contributed by atoms with Crippen LogP contribution in [0.25, 0.3) is 11.1 Å². The second-order valence-electron chi connectivity index (χ2n) is 4.63. The van der Waals surface area contributed by atoms with Crippen LogP contribution < -0.4 is 5.32 Å².